The molecule has 1 amide bonds. The molecule has 8 nitrogen and oxygen atoms in total. The topological polar surface area (TPSA) is 107 Å². The predicted molar refractivity (Wildman–Crippen MR) is 154 cm³/mol. The van der Waals surface area contributed by atoms with Crippen LogP contribution in [0.25, 0.3) is 11.3 Å². The van der Waals surface area contributed by atoms with Gasteiger partial charge in [0, 0.05) is 20.2 Å². The summed E-state index contributed by atoms with van der Waals surface area (Å²) in [6.45, 7) is 9.69. The minimum atomic E-state index is -4.28. The van der Waals surface area contributed by atoms with E-state index in [1.54, 1.807) is 19.1 Å². The molecule has 40 heavy (non-hydrogen) atoms. The molecular weight excluding hydrogens is 533 g/mol. The lowest BCUT2D eigenvalue weighted by atomic mass is 10.1. The van der Waals surface area contributed by atoms with Crippen LogP contribution in [0, 0.1) is 32.5 Å². The van der Waals surface area contributed by atoms with Crippen LogP contribution >= 0.6 is 0 Å². The molecule has 10 heteroatoms. The van der Waals surface area contributed by atoms with Crippen molar-refractivity contribution >= 4 is 15.9 Å². The maximum Gasteiger partial charge on any atom is 0.281 e. The number of carbonyl (C=O) groups is 1. The number of sulfonamides is 1. The first kappa shape index (κ1) is 28.7. The molecule has 2 aromatic carbocycles. The standard InChI is InChI=1S/C30H30FN3O5S.2H2/c1-18(2)17-38-24-15-22(14-23(31)16-24)26-13-12-25(30(33-26)39-28-19(3)8-6-9-20(28)4)29(35)34-40(36,37)27-11-7-10-21(5)32-27;;/h6-16,18H,17H2,1-5H3,(H,34,35);2*1H. The number of para-hydroxylation sites is 1. The van der Waals surface area contributed by atoms with Gasteiger partial charge in [0.15, 0.2) is 5.03 Å². The first-order chi connectivity index (χ1) is 18.9. The Balaban J connectivity index is 0.00000308. The van der Waals surface area contributed by atoms with Crippen LogP contribution in [-0.2, 0) is 10.0 Å². The Hall–Kier alpha value is -4.31. The zero-order valence-corrected chi connectivity index (χ0v) is 23.7. The highest BCUT2D eigenvalue weighted by molar-refractivity contribution is 7.90. The van der Waals surface area contributed by atoms with Crippen molar-refractivity contribution in [1.29, 1.82) is 0 Å². The SMILES string of the molecule is Cc1cccc(S(=O)(=O)NC(=O)c2ccc(-c3cc(F)cc(OCC(C)C)c3)nc2Oc2c(C)cccc2C)n1.[HH].[HH]. The van der Waals surface area contributed by atoms with Gasteiger partial charge in [0.2, 0.25) is 5.88 Å². The van der Waals surface area contributed by atoms with Crippen LogP contribution in [0.15, 0.2) is 71.8 Å². The van der Waals surface area contributed by atoms with Gasteiger partial charge in [0.1, 0.15) is 22.9 Å². The minimum absolute atomic E-state index is 0. The van der Waals surface area contributed by atoms with Gasteiger partial charge in [0.25, 0.3) is 15.9 Å². The summed E-state index contributed by atoms with van der Waals surface area (Å²) in [5.41, 5.74) is 2.61. The molecule has 0 saturated carbocycles. The van der Waals surface area contributed by atoms with E-state index >= 15 is 0 Å². The van der Waals surface area contributed by atoms with Crippen LogP contribution in [0.2, 0.25) is 0 Å². The van der Waals surface area contributed by atoms with Crippen LogP contribution in [0.5, 0.6) is 17.4 Å². The van der Waals surface area contributed by atoms with Crippen molar-refractivity contribution in [1.82, 2.24) is 14.7 Å². The molecule has 0 radical (unpaired) electrons. The number of rotatable bonds is 9. The molecule has 212 valence electrons. The highest BCUT2D eigenvalue weighted by Crippen LogP contribution is 2.33. The van der Waals surface area contributed by atoms with Crippen molar-refractivity contribution < 1.29 is 29.9 Å². The summed E-state index contributed by atoms with van der Waals surface area (Å²) in [7, 11) is -4.28. The van der Waals surface area contributed by atoms with Crippen LogP contribution < -0.4 is 14.2 Å². The van der Waals surface area contributed by atoms with Gasteiger partial charge in [-0.2, -0.15) is 8.42 Å². The molecule has 0 aliphatic heterocycles. The van der Waals surface area contributed by atoms with Crippen molar-refractivity contribution in [3.05, 3.63) is 94.9 Å². The number of aryl methyl sites for hydroxylation is 3. The van der Waals surface area contributed by atoms with Gasteiger partial charge >= 0.3 is 0 Å². The number of hydrogen-bond donors (Lipinski definition) is 1. The van der Waals surface area contributed by atoms with Crippen LogP contribution in [0.4, 0.5) is 4.39 Å². The van der Waals surface area contributed by atoms with E-state index in [-0.39, 0.29) is 25.2 Å². The third-order valence-electron chi connectivity index (χ3n) is 5.83. The van der Waals surface area contributed by atoms with Crippen molar-refractivity contribution in [3.63, 3.8) is 0 Å². The number of hydrogen-bond acceptors (Lipinski definition) is 7. The Morgan fingerprint density at radius 1 is 0.975 bits per heavy atom. The summed E-state index contributed by atoms with van der Waals surface area (Å²) >= 11 is 0. The first-order valence-electron chi connectivity index (χ1n) is 12.6. The van der Waals surface area contributed by atoms with E-state index in [1.807, 2.05) is 50.6 Å². The van der Waals surface area contributed by atoms with Crippen molar-refractivity contribution in [3.8, 4) is 28.6 Å². The summed E-state index contributed by atoms with van der Waals surface area (Å²) in [4.78, 5) is 21.8. The van der Waals surface area contributed by atoms with Gasteiger partial charge in [-0.1, -0.05) is 38.1 Å². The van der Waals surface area contributed by atoms with Gasteiger partial charge in [0.05, 0.1) is 12.3 Å². The molecule has 0 aliphatic carbocycles. The molecule has 1 N–H and O–H groups in total. The molecule has 0 bridgehead atoms. The smallest absolute Gasteiger partial charge is 0.281 e. The maximum absolute atomic E-state index is 14.5. The minimum Gasteiger partial charge on any atom is -0.493 e. The number of carbonyl (C=O) groups excluding carboxylic acids is 1. The zero-order chi connectivity index (χ0) is 29.0. The Morgan fingerprint density at radius 3 is 2.35 bits per heavy atom. The summed E-state index contributed by atoms with van der Waals surface area (Å²) in [6.07, 6.45) is 0. The number of benzene rings is 2. The molecular formula is C30H34FN3O5S. The van der Waals surface area contributed by atoms with E-state index in [2.05, 4.69) is 9.97 Å². The molecule has 4 aromatic rings. The Kier molecular flexibility index (Phi) is 8.49. The van der Waals surface area contributed by atoms with Gasteiger partial charge < -0.3 is 9.47 Å². The Morgan fingerprint density at radius 2 is 1.68 bits per heavy atom. The summed E-state index contributed by atoms with van der Waals surface area (Å²) < 4.78 is 54.2. The molecule has 0 atom stereocenters. The lowest BCUT2D eigenvalue weighted by molar-refractivity contribution is 0.0978. The molecule has 0 aliphatic rings. The Labute approximate surface area is 236 Å². The molecule has 0 spiro atoms. The number of halogens is 1. The van der Waals surface area contributed by atoms with E-state index in [1.165, 1.54) is 36.4 Å². The lowest BCUT2D eigenvalue weighted by Gasteiger charge is -2.16. The molecule has 0 saturated heterocycles. The predicted octanol–water partition coefficient (Wildman–Crippen LogP) is 6.65. The van der Waals surface area contributed by atoms with E-state index in [0.717, 1.165) is 11.1 Å². The second kappa shape index (κ2) is 11.8. The molecule has 4 rings (SSSR count). The van der Waals surface area contributed by atoms with Crippen molar-refractivity contribution in [2.24, 2.45) is 5.92 Å². The summed E-state index contributed by atoms with van der Waals surface area (Å²) in [5.74, 6) is -0.580. The number of ether oxygens (including phenoxy) is 2. The second-order valence-electron chi connectivity index (χ2n) is 9.80. The molecule has 2 aromatic heterocycles. The van der Waals surface area contributed by atoms with E-state index in [0.29, 0.717) is 35.1 Å². The highest BCUT2D eigenvalue weighted by atomic mass is 32.2. The number of nitrogens with zero attached hydrogens (tertiary/aromatic N) is 2. The third-order valence-corrected chi connectivity index (χ3v) is 7.06. The summed E-state index contributed by atoms with van der Waals surface area (Å²) in [6, 6.07) is 17.1. The van der Waals surface area contributed by atoms with Crippen LogP contribution in [0.1, 0.15) is 43.9 Å². The quantitative estimate of drug-likeness (QED) is 0.241. The fourth-order valence-electron chi connectivity index (χ4n) is 3.86. The van der Waals surface area contributed by atoms with E-state index in [9.17, 15) is 17.6 Å². The van der Waals surface area contributed by atoms with Gasteiger partial charge in [-0.15, -0.1) is 0 Å². The number of pyridine rings is 2. The fraction of sp³-hybridized carbons (Fsp3) is 0.233. The molecule has 0 unspecified atom stereocenters. The fourth-order valence-corrected chi connectivity index (χ4v) is 4.84. The third kappa shape index (κ3) is 6.81. The number of amides is 1. The zero-order valence-electron chi connectivity index (χ0n) is 22.9. The average molecular weight is 568 g/mol. The highest BCUT2D eigenvalue weighted by Gasteiger charge is 2.25. The van der Waals surface area contributed by atoms with Crippen LogP contribution in [-0.4, -0.2) is 30.9 Å². The van der Waals surface area contributed by atoms with Crippen LogP contribution in [0.3, 0.4) is 0 Å². The first-order valence-corrected chi connectivity index (χ1v) is 14.1. The van der Waals surface area contributed by atoms with Gasteiger partial charge in [-0.05, 0) is 74.2 Å². The monoisotopic (exact) mass is 567 g/mol. The van der Waals surface area contributed by atoms with E-state index < -0.39 is 21.7 Å². The normalized spacial score (nSPS) is 11.4. The Bertz CT molecular complexity index is 1660. The maximum atomic E-state index is 14.5. The number of nitrogens with one attached hydrogen (secondary N) is 1. The number of aromatic nitrogens is 2. The van der Waals surface area contributed by atoms with E-state index in [4.69, 9.17) is 9.47 Å². The van der Waals surface area contributed by atoms with Gasteiger partial charge in [-0.3, -0.25) is 4.79 Å². The lowest BCUT2D eigenvalue weighted by Crippen LogP contribution is -2.31. The van der Waals surface area contributed by atoms with Gasteiger partial charge in [-0.25, -0.2) is 19.1 Å². The largest absolute Gasteiger partial charge is 0.493 e. The molecule has 0 fully saturated rings. The van der Waals surface area contributed by atoms with Crippen molar-refractivity contribution in [2.75, 3.05) is 6.61 Å². The second-order valence-corrected chi connectivity index (χ2v) is 11.4. The molecule has 2 heterocycles. The average Bonchev–Trinajstić information content (AvgIpc) is 2.89. The van der Waals surface area contributed by atoms with Crippen molar-refractivity contribution in [2.45, 2.75) is 39.6 Å². The summed E-state index contributed by atoms with van der Waals surface area (Å²) in [5, 5.41) is -0.295.